The Kier molecular flexibility index (Phi) is 4.65. The fraction of sp³-hybridized carbons (Fsp3) is 0.688. The van der Waals surface area contributed by atoms with Crippen LogP contribution in [-0.2, 0) is 0 Å². The average molecular weight is 312 g/mol. The van der Waals surface area contributed by atoms with E-state index in [-0.39, 0.29) is 5.82 Å². The van der Waals surface area contributed by atoms with Gasteiger partial charge in [-0.2, -0.15) is 0 Å². The number of hydrogen-bond acceptors (Lipinski definition) is 3. The van der Waals surface area contributed by atoms with E-state index in [4.69, 9.17) is 11.6 Å². The highest BCUT2D eigenvalue weighted by atomic mass is 35.5. The molecule has 0 aromatic carbocycles. The third kappa shape index (κ3) is 3.32. The van der Waals surface area contributed by atoms with Gasteiger partial charge in [-0.1, -0.05) is 11.6 Å². The van der Waals surface area contributed by atoms with Crippen LogP contribution in [-0.4, -0.2) is 42.1 Å². The first-order chi connectivity index (χ1) is 10.1. The van der Waals surface area contributed by atoms with E-state index in [9.17, 15) is 4.39 Å². The minimum atomic E-state index is -0.312. The monoisotopic (exact) mass is 311 g/mol. The quantitative estimate of drug-likeness (QED) is 0.850. The van der Waals surface area contributed by atoms with Gasteiger partial charge in [0.05, 0.1) is 5.02 Å². The van der Waals surface area contributed by atoms with Crippen molar-refractivity contribution in [3.05, 3.63) is 23.1 Å². The van der Waals surface area contributed by atoms with Crippen LogP contribution in [0.2, 0.25) is 5.02 Å². The van der Waals surface area contributed by atoms with Gasteiger partial charge in [-0.3, -0.25) is 0 Å². The molecule has 0 spiro atoms. The Morgan fingerprint density at radius 3 is 2.52 bits per heavy atom. The number of hydrogen-bond donors (Lipinski definition) is 0. The van der Waals surface area contributed by atoms with Crippen molar-refractivity contribution in [1.29, 1.82) is 0 Å². The number of halogens is 2. The topological polar surface area (TPSA) is 19.4 Å². The maximum Gasteiger partial charge on any atom is 0.167 e. The molecule has 3 rings (SSSR count). The second-order valence-electron chi connectivity index (χ2n) is 6.27. The normalized spacial score (nSPS) is 22.7. The fourth-order valence-electron chi connectivity index (χ4n) is 3.68. The highest BCUT2D eigenvalue weighted by Crippen LogP contribution is 2.29. The van der Waals surface area contributed by atoms with Gasteiger partial charge in [-0.25, -0.2) is 9.37 Å². The van der Waals surface area contributed by atoms with Crippen LogP contribution in [0, 0.1) is 11.7 Å². The highest BCUT2D eigenvalue weighted by Gasteiger charge is 2.29. The summed E-state index contributed by atoms with van der Waals surface area (Å²) in [5.41, 5.74) is 0. The number of rotatable bonds is 3. The van der Waals surface area contributed by atoms with Crippen LogP contribution in [0.15, 0.2) is 12.3 Å². The molecule has 21 heavy (non-hydrogen) atoms. The van der Waals surface area contributed by atoms with Gasteiger partial charge in [-0.05, 0) is 57.7 Å². The Labute approximate surface area is 131 Å². The summed E-state index contributed by atoms with van der Waals surface area (Å²) >= 11 is 5.77. The van der Waals surface area contributed by atoms with Crippen LogP contribution in [0.25, 0.3) is 0 Å². The third-order valence-electron chi connectivity index (χ3n) is 5.03. The Balaban J connectivity index is 1.59. The molecule has 0 saturated carbocycles. The molecule has 2 aliphatic heterocycles. The summed E-state index contributed by atoms with van der Waals surface area (Å²) in [6.07, 6.45) is 6.42. The van der Waals surface area contributed by atoms with E-state index in [1.54, 1.807) is 0 Å². The van der Waals surface area contributed by atoms with Crippen LogP contribution in [0.4, 0.5) is 10.2 Å². The number of likely N-dealkylation sites (tertiary alicyclic amines) is 1. The van der Waals surface area contributed by atoms with E-state index < -0.39 is 0 Å². The van der Waals surface area contributed by atoms with E-state index in [1.807, 2.05) is 0 Å². The zero-order valence-electron chi connectivity index (χ0n) is 12.6. The second-order valence-corrected chi connectivity index (χ2v) is 6.70. The number of aromatic nitrogens is 1. The summed E-state index contributed by atoms with van der Waals surface area (Å²) in [6, 6.07) is 2.00. The van der Waals surface area contributed by atoms with Crippen molar-refractivity contribution in [1.82, 2.24) is 9.88 Å². The molecule has 0 radical (unpaired) electrons. The molecule has 1 aromatic heterocycles. The molecule has 0 aliphatic carbocycles. The van der Waals surface area contributed by atoms with Gasteiger partial charge in [0.1, 0.15) is 0 Å². The molecule has 3 heterocycles. The molecule has 3 nitrogen and oxygen atoms in total. The van der Waals surface area contributed by atoms with Crippen molar-refractivity contribution in [3.8, 4) is 0 Å². The Morgan fingerprint density at radius 2 is 1.90 bits per heavy atom. The van der Waals surface area contributed by atoms with E-state index in [2.05, 4.69) is 21.7 Å². The summed E-state index contributed by atoms with van der Waals surface area (Å²) in [4.78, 5) is 8.82. The van der Waals surface area contributed by atoms with E-state index in [1.165, 1.54) is 38.2 Å². The Hall–Kier alpha value is -0.870. The molecule has 2 aliphatic rings. The largest absolute Gasteiger partial charge is 0.354 e. The summed E-state index contributed by atoms with van der Waals surface area (Å²) in [6.45, 7) is 6.61. The molecule has 1 atom stereocenters. The molecule has 0 amide bonds. The van der Waals surface area contributed by atoms with E-state index >= 15 is 0 Å². The summed E-state index contributed by atoms with van der Waals surface area (Å²) in [5.74, 6) is 0.856. The maximum absolute atomic E-state index is 13.9. The Bertz CT molecular complexity index is 482. The molecule has 2 fully saturated rings. The highest BCUT2D eigenvalue weighted by molar-refractivity contribution is 6.30. The molecular formula is C16H23ClFN3. The van der Waals surface area contributed by atoms with Gasteiger partial charge >= 0.3 is 0 Å². The summed E-state index contributed by atoms with van der Waals surface area (Å²) in [7, 11) is 0. The molecular weight excluding hydrogens is 289 g/mol. The number of anilines is 1. The molecule has 0 N–H and O–H groups in total. The number of nitrogens with zero attached hydrogens (tertiary/aromatic N) is 3. The predicted molar refractivity (Wildman–Crippen MR) is 84.4 cm³/mol. The zero-order valence-corrected chi connectivity index (χ0v) is 13.3. The van der Waals surface area contributed by atoms with Crippen molar-refractivity contribution >= 4 is 17.4 Å². The van der Waals surface area contributed by atoms with Crippen molar-refractivity contribution in [2.75, 3.05) is 31.1 Å². The van der Waals surface area contributed by atoms with Crippen LogP contribution in [0.1, 0.15) is 32.6 Å². The van der Waals surface area contributed by atoms with Crippen molar-refractivity contribution < 1.29 is 4.39 Å². The molecule has 116 valence electrons. The van der Waals surface area contributed by atoms with Gasteiger partial charge in [0.2, 0.25) is 0 Å². The summed E-state index contributed by atoms with van der Waals surface area (Å²) in [5, 5.41) is 0.355. The second kappa shape index (κ2) is 6.49. The van der Waals surface area contributed by atoms with Gasteiger partial charge in [-0.15, -0.1) is 0 Å². The van der Waals surface area contributed by atoms with Crippen molar-refractivity contribution in [2.24, 2.45) is 5.92 Å². The molecule has 0 unspecified atom stereocenters. The summed E-state index contributed by atoms with van der Waals surface area (Å²) < 4.78 is 13.9. The number of pyridine rings is 1. The third-order valence-corrected chi connectivity index (χ3v) is 5.23. The average Bonchev–Trinajstić information content (AvgIpc) is 3.01. The first-order valence-corrected chi connectivity index (χ1v) is 8.33. The number of piperidine rings is 1. The smallest absolute Gasteiger partial charge is 0.167 e. The Morgan fingerprint density at radius 1 is 1.24 bits per heavy atom. The lowest BCUT2D eigenvalue weighted by molar-refractivity contribution is 0.167. The standard InChI is InChI=1S/C16H23ClFN3/c1-12(20-6-2-3-7-20)13-4-8-21(9-5-13)16-15(18)10-14(17)11-19-16/h10-13H,2-9H2,1H3/t12-/m1/s1. The van der Waals surface area contributed by atoms with Crippen molar-refractivity contribution in [2.45, 2.75) is 38.6 Å². The predicted octanol–water partition coefficient (Wildman–Crippen LogP) is 3.57. The van der Waals surface area contributed by atoms with Crippen LogP contribution in [0.3, 0.4) is 0 Å². The molecule has 5 heteroatoms. The zero-order chi connectivity index (χ0) is 14.8. The first kappa shape index (κ1) is 15.0. The SMILES string of the molecule is C[C@H](C1CCN(c2ncc(Cl)cc2F)CC1)N1CCCC1. The van der Waals surface area contributed by atoms with E-state index in [0.29, 0.717) is 16.9 Å². The fourth-order valence-corrected chi connectivity index (χ4v) is 3.83. The lowest BCUT2D eigenvalue weighted by atomic mass is 9.89. The van der Waals surface area contributed by atoms with E-state index in [0.717, 1.165) is 31.8 Å². The molecule has 1 aromatic rings. The van der Waals surface area contributed by atoms with Crippen molar-refractivity contribution in [3.63, 3.8) is 0 Å². The lowest BCUT2D eigenvalue weighted by Gasteiger charge is -2.38. The lowest BCUT2D eigenvalue weighted by Crippen LogP contribution is -2.43. The maximum atomic E-state index is 13.9. The minimum Gasteiger partial charge on any atom is -0.354 e. The molecule has 0 bridgehead atoms. The van der Waals surface area contributed by atoms with Gasteiger partial charge in [0.15, 0.2) is 11.6 Å². The van der Waals surface area contributed by atoms with Crippen LogP contribution >= 0.6 is 11.6 Å². The minimum absolute atomic E-state index is 0.312. The van der Waals surface area contributed by atoms with Crippen LogP contribution in [0.5, 0.6) is 0 Å². The van der Waals surface area contributed by atoms with Crippen LogP contribution < -0.4 is 4.90 Å². The van der Waals surface area contributed by atoms with Gasteiger partial charge in [0, 0.05) is 25.3 Å². The molecule has 2 saturated heterocycles. The van der Waals surface area contributed by atoms with Gasteiger partial charge < -0.3 is 9.80 Å². The van der Waals surface area contributed by atoms with Gasteiger partial charge in [0.25, 0.3) is 0 Å². The first-order valence-electron chi connectivity index (χ1n) is 7.95.